The van der Waals surface area contributed by atoms with Crippen LogP contribution in [0.5, 0.6) is 5.75 Å². The molecule has 0 aliphatic heterocycles. The third-order valence-corrected chi connectivity index (χ3v) is 2.76. The summed E-state index contributed by atoms with van der Waals surface area (Å²) in [5, 5.41) is 12.0. The predicted molar refractivity (Wildman–Crippen MR) is 73.0 cm³/mol. The monoisotopic (exact) mass is 280 g/mol. The van der Waals surface area contributed by atoms with Gasteiger partial charge in [0.1, 0.15) is 0 Å². The maximum absolute atomic E-state index is 11.7. The van der Waals surface area contributed by atoms with Crippen molar-refractivity contribution in [2.75, 3.05) is 0 Å². The van der Waals surface area contributed by atoms with Gasteiger partial charge in [-0.15, -0.1) is 0 Å². The lowest BCUT2D eigenvalue weighted by atomic mass is 10.1. The number of aliphatic hydroxyl groups is 1. The first-order valence-electron chi connectivity index (χ1n) is 6.52. The van der Waals surface area contributed by atoms with Crippen molar-refractivity contribution in [1.29, 1.82) is 0 Å². The Hall–Kier alpha value is -1.95. The molecule has 0 fully saturated rings. The summed E-state index contributed by atoms with van der Waals surface area (Å²) in [4.78, 5) is 26.8. The van der Waals surface area contributed by atoms with Gasteiger partial charge in [-0.2, -0.15) is 0 Å². The number of carbonyl (C=O) groups is 2. The van der Waals surface area contributed by atoms with Gasteiger partial charge in [-0.3, -0.25) is 14.6 Å². The number of carbonyl (C=O) groups excluding carboxylic acids is 2. The minimum absolute atomic E-state index is 0.184. The second-order valence-electron chi connectivity index (χ2n) is 4.47. The Morgan fingerprint density at radius 1 is 1.45 bits per heavy atom. The molecule has 0 spiro atoms. The number of hydrogen-bond acceptors (Lipinski definition) is 5. The standard InChI is InChI=1S/C14H20N2O4/c1-4-5-13(19)20-14-9(2)15-6-11(8-17)12(14)7-16-10(3)18/h6,17H,4-5,7-8H2,1-3H3,(H,16,18). The first-order valence-corrected chi connectivity index (χ1v) is 6.52. The second kappa shape index (κ2) is 7.59. The van der Waals surface area contributed by atoms with Crippen LogP contribution in [-0.2, 0) is 22.7 Å². The van der Waals surface area contributed by atoms with Gasteiger partial charge in [-0.25, -0.2) is 0 Å². The number of aliphatic hydroxyl groups excluding tert-OH is 1. The number of amides is 1. The molecular formula is C14H20N2O4. The topological polar surface area (TPSA) is 88.5 Å². The first-order chi connectivity index (χ1) is 9.49. The van der Waals surface area contributed by atoms with E-state index in [2.05, 4.69) is 10.3 Å². The molecule has 1 amide bonds. The molecule has 0 unspecified atom stereocenters. The van der Waals surface area contributed by atoms with Gasteiger partial charge >= 0.3 is 5.97 Å². The Kier molecular flexibility index (Phi) is 6.11. The van der Waals surface area contributed by atoms with Crippen LogP contribution in [-0.4, -0.2) is 22.0 Å². The Labute approximate surface area is 118 Å². The van der Waals surface area contributed by atoms with Crippen molar-refractivity contribution in [1.82, 2.24) is 10.3 Å². The van der Waals surface area contributed by atoms with Crippen LogP contribution in [0, 0.1) is 6.92 Å². The zero-order valence-corrected chi connectivity index (χ0v) is 12.0. The molecule has 6 heteroatoms. The van der Waals surface area contributed by atoms with Crippen LogP contribution in [0.25, 0.3) is 0 Å². The van der Waals surface area contributed by atoms with Crippen LogP contribution in [0.2, 0.25) is 0 Å². The fourth-order valence-corrected chi connectivity index (χ4v) is 1.72. The molecule has 0 atom stereocenters. The van der Waals surface area contributed by atoms with Crippen molar-refractivity contribution in [3.63, 3.8) is 0 Å². The number of aromatic nitrogens is 1. The molecule has 6 nitrogen and oxygen atoms in total. The van der Waals surface area contributed by atoms with Crippen LogP contribution >= 0.6 is 0 Å². The van der Waals surface area contributed by atoms with Crippen molar-refractivity contribution in [3.8, 4) is 5.75 Å². The van der Waals surface area contributed by atoms with Crippen LogP contribution in [0.15, 0.2) is 6.20 Å². The Balaban J connectivity index is 3.10. The van der Waals surface area contributed by atoms with E-state index in [1.165, 1.54) is 13.1 Å². The van der Waals surface area contributed by atoms with Gasteiger partial charge in [0.15, 0.2) is 5.75 Å². The van der Waals surface area contributed by atoms with Gasteiger partial charge < -0.3 is 15.2 Å². The van der Waals surface area contributed by atoms with E-state index >= 15 is 0 Å². The lowest BCUT2D eigenvalue weighted by molar-refractivity contribution is -0.134. The molecule has 1 rings (SSSR count). The van der Waals surface area contributed by atoms with E-state index in [4.69, 9.17) is 4.74 Å². The average Bonchev–Trinajstić information content (AvgIpc) is 2.39. The number of nitrogens with one attached hydrogen (secondary N) is 1. The highest BCUT2D eigenvalue weighted by atomic mass is 16.5. The first kappa shape index (κ1) is 16.1. The normalized spacial score (nSPS) is 10.2. The Morgan fingerprint density at radius 3 is 2.70 bits per heavy atom. The van der Waals surface area contributed by atoms with E-state index in [1.54, 1.807) is 6.92 Å². The Bertz CT molecular complexity index is 500. The van der Waals surface area contributed by atoms with E-state index in [0.717, 1.165) is 0 Å². The number of nitrogens with zero attached hydrogens (tertiary/aromatic N) is 1. The van der Waals surface area contributed by atoms with Crippen LogP contribution in [0.4, 0.5) is 0 Å². The molecule has 0 aromatic carbocycles. The predicted octanol–water partition coefficient (Wildman–Crippen LogP) is 1.22. The molecule has 110 valence electrons. The number of pyridine rings is 1. The quantitative estimate of drug-likeness (QED) is 0.765. The number of esters is 1. The van der Waals surface area contributed by atoms with Crippen LogP contribution < -0.4 is 10.1 Å². The maximum atomic E-state index is 11.7. The van der Waals surface area contributed by atoms with Gasteiger partial charge in [-0.05, 0) is 13.3 Å². The minimum atomic E-state index is -0.350. The molecule has 0 saturated carbocycles. The third-order valence-electron chi connectivity index (χ3n) is 2.76. The smallest absolute Gasteiger partial charge is 0.311 e. The number of rotatable bonds is 6. The number of aryl methyl sites for hydroxylation is 1. The SMILES string of the molecule is CCCC(=O)Oc1c(C)ncc(CO)c1CNC(C)=O. The van der Waals surface area contributed by atoms with Gasteiger partial charge in [-0.1, -0.05) is 6.92 Å². The van der Waals surface area contributed by atoms with Gasteiger partial charge in [0.05, 0.1) is 12.3 Å². The van der Waals surface area contributed by atoms with Gasteiger partial charge in [0.2, 0.25) is 5.91 Å². The minimum Gasteiger partial charge on any atom is -0.424 e. The molecule has 0 saturated heterocycles. The summed E-state index contributed by atoms with van der Waals surface area (Å²) in [6, 6.07) is 0. The van der Waals surface area contributed by atoms with Crippen molar-refractivity contribution in [3.05, 3.63) is 23.0 Å². The molecule has 2 N–H and O–H groups in total. The zero-order chi connectivity index (χ0) is 15.1. The molecule has 1 aromatic heterocycles. The highest BCUT2D eigenvalue weighted by Gasteiger charge is 2.16. The van der Waals surface area contributed by atoms with Crippen LogP contribution in [0.1, 0.15) is 43.5 Å². The molecular weight excluding hydrogens is 260 g/mol. The lowest BCUT2D eigenvalue weighted by Crippen LogP contribution is -2.22. The highest BCUT2D eigenvalue weighted by molar-refractivity contribution is 5.74. The number of ether oxygens (including phenoxy) is 1. The molecule has 0 radical (unpaired) electrons. The lowest BCUT2D eigenvalue weighted by Gasteiger charge is -2.15. The van der Waals surface area contributed by atoms with Gasteiger partial charge in [0, 0.05) is 37.2 Å². The summed E-state index contributed by atoms with van der Waals surface area (Å²) in [5.41, 5.74) is 1.66. The summed E-state index contributed by atoms with van der Waals surface area (Å²) in [6.45, 7) is 4.95. The highest BCUT2D eigenvalue weighted by Crippen LogP contribution is 2.26. The molecule has 1 aromatic rings. The van der Waals surface area contributed by atoms with E-state index in [1.807, 2.05) is 6.92 Å². The van der Waals surface area contributed by atoms with E-state index in [9.17, 15) is 14.7 Å². The molecule has 0 aliphatic rings. The van der Waals surface area contributed by atoms with E-state index in [-0.39, 0.29) is 25.0 Å². The summed E-state index contributed by atoms with van der Waals surface area (Å²) >= 11 is 0. The molecule has 1 heterocycles. The summed E-state index contributed by atoms with van der Waals surface area (Å²) in [6.07, 6.45) is 2.51. The van der Waals surface area contributed by atoms with E-state index < -0.39 is 0 Å². The van der Waals surface area contributed by atoms with E-state index in [0.29, 0.717) is 35.4 Å². The van der Waals surface area contributed by atoms with Crippen molar-refractivity contribution in [2.45, 2.75) is 46.8 Å². The summed E-state index contributed by atoms with van der Waals surface area (Å²) in [7, 11) is 0. The van der Waals surface area contributed by atoms with Crippen LogP contribution in [0.3, 0.4) is 0 Å². The summed E-state index contributed by atoms with van der Waals surface area (Å²) in [5.74, 6) is -0.227. The zero-order valence-electron chi connectivity index (χ0n) is 12.0. The van der Waals surface area contributed by atoms with Gasteiger partial charge in [0.25, 0.3) is 0 Å². The average molecular weight is 280 g/mol. The maximum Gasteiger partial charge on any atom is 0.311 e. The molecule has 20 heavy (non-hydrogen) atoms. The summed E-state index contributed by atoms with van der Waals surface area (Å²) < 4.78 is 5.33. The fourth-order valence-electron chi connectivity index (χ4n) is 1.72. The molecule has 0 aliphatic carbocycles. The molecule has 0 bridgehead atoms. The van der Waals surface area contributed by atoms with Crippen molar-refractivity contribution < 1.29 is 19.4 Å². The number of hydrogen-bond donors (Lipinski definition) is 2. The van der Waals surface area contributed by atoms with Crippen molar-refractivity contribution >= 4 is 11.9 Å². The largest absolute Gasteiger partial charge is 0.424 e. The second-order valence-corrected chi connectivity index (χ2v) is 4.47. The van der Waals surface area contributed by atoms with Crippen molar-refractivity contribution in [2.24, 2.45) is 0 Å². The fraction of sp³-hybridized carbons (Fsp3) is 0.500. The Morgan fingerprint density at radius 2 is 2.15 bits per heavy atom. The third kappa shape index (κ3) is 4.31.